The Morgan fingerprint density at radius 2 is 2.00 bits per heavy atom. The number of ether oxygens (including phenoxy) is 1. The third-order valence-corrected chi connectivity index (χ3v) is 4.37. The topological polar surface area (TPSA) is 73.3 Å². The van der Waals surface area contributed by atoms with Crippen molar-refractivity contribution in [1.29, 1.82) is 0 Å². The van der Waals surface area contributed by atoms with E-state index in [1.54, 1.807) is 0 Å². The van der Waals surface area contributed by atoms with Crippen molar-refractivity contribution >= 4 is 27.4 Å². The van der Waals surface area contributed by atoms with E-state index in [-0.39, 0.29) is 0 Å². The standard InChI is InChI=1S/C10H9ClF3NO4S/c1-3-20(17,18)6-4-5(10(12,13)14)8(11)15-7(6)9(16)19-2/h4H,3H2,1-2H3. The van der Waals surface area contributed by atoms with Crippen molar-refractivity contribution in [2.45, 2.75) is 18.0 Å². The summed E-state index contributed by atoms with van der Waals surface area (Å²) in [6.07, 6.45) is -4.89. The van der Waals surface area contributed by atoms with Gasteiger partial charge >= 0.3 is 12.1 Å². The van der Waals surface area contributed by atoms with Crippen LogP contribution >= 0.6 is 11.6 Å². The molecular weight excluding hydrogens is 323 g/mol. The zero-order valence-corrected chi connectivity index (χ0v) is 11.9. The highest BCUT2D eigenvalue weighted by Crippen LogP contribution is 2.36. The monoisotopic (exact) mass is 331 g/mol. The highest BCUT2D eigenvalue weighted by Gasteiger charge is 2.37. The number of rotatable bonds is 3. The molecule has 0 fully saturated rings. The van der Waals surface area contributed by atoms with Crippen molar-refractivity contribution in [3.05, 3.63) is 22.5 Å². The minimum Gasteiger partial charge on any atom is -0.464 e. The highest BCUT2D eigenvalue weighted by atomic mass is 35.5. The number of hydrogen-bond donors (Lipinski definition) is 0. The molecule has 0 unspecified atom stereocenters. The van der Waals surface area contributed by atoms with Gasteiger partial charge < -0.3 is 4.74 Å². The molecule has 10 heteroatoms. The maximum absolute atomic E-state index is 12.7. The van der Waals surface area contributed by atoms with E-state index >= 15 is 0 Å². The molecule has 0 aliphatic carbocycles. The maximum atomic E-state index is 12.7. The van der Waals surface area contributed by atoms with Gasteiger partial charge in [-0.1, -0.05) is 18.5 Å². The Kier molecular flexibility index (Phi) is 4.65. The first-order valence-corrected chi connectivity index (χ1v) is 7.16. The molecule has 0 spiro atoms. The van der Waals surface area contributed by atoms with E-state index in [1.165, 1.54) is 6.92 Å². The van der Waals surface area contributed by atoms with Crippen LogP contribution in [0.5, 0.6) is 0 Å². The van der Waals surface area contributed by atoms with Crippen LogP contribution in [-0.2, 0) is 20.8 Å². The molecule has 0 amide bonds. The Balaban J connectivity index is 3.73. The van der Waals surface area contributed by atoms with Crippen molar-refractivity contribution in [1.82, 2.24) is 4.98 Å². The van der Waals surface area contributed by atoms with E-state index in [9.17, 15) is 26.4 Å². The van der Waals surface area contributed by atoms with Crippen molar-refractivity contribution < 1.29 is 31.1 Å². The molecule has 0 bridgehead atoms. The predicted octanol–water partition coefficient (Wildman–Crippen LogP) is 2.33. The van der Waals surface area contributed by atoms with Crippen LogP contribution in [-0.4, -0.2) is 32.2 Å². The Morgan fingerprint density at radius 3 is 2.40 bits per heavy atom. The van der Waals surface area contributed by atoms with Crippen LogP contribution in [0.2, 0.25) is 5.15 Å². The molecule has 0 atom stereocenters. The van der Waals surface area contributed by atoms with E-state index in [0.29, 0.717) is 6.07 Å². The fourth-order valence-electron chi connectivity index (χ4n) is 1.31. The highest BCUT2D eigenvalue weighted by molar-refractivity contribution is 7.91. The molecule has 0 aliphatic heterocycles. The fourth-order valence-corrected chi connectivity index (χ4v) is 2.58. The van der Waals surface area contributed by atoms with Gasteiger partial charge in [0, 0.05) is 0 Å². The van der Waals surface area contributed by atoms with Gasteiger partial charge in [0.2, 0.25) is 0 Å². The lowest BCUT2D eigenvalue weighted by atomic mass is 10.2. The third-order valence-electron chi connectivity index (χ3n) is 2.34. The molecular formula is C10H9ClF3NO4S. The number of esters is 1. The van der Waals surface area contributed by atoms with Crippen LogP contribution in [0.25, 0.3) is 0 Å². The second-order valence-corrected chi connectivity index (χ2v) is 6.17. The number of sulfone groups is 1. The van der Waals surface area contributed by atoms with Crippen molar-refractivity contribution in [3.63, 3.8) is 0 Å². The number of halogens is 4. The molecule has 112 valence electrons. The molecule has 1 rings (SSSR count). The van der Waals surface area contributed by atoms with Gasteiger partial charge in [0.25, 0.3) is 0 Å². The number of alkyl halides is 3. The number of carbonyl (C=O) groups excluding carboxylic acids is 1. The first-order chi connectivity index (χ1) is 9.04. The molecule has 5 nitrogen and oxygen atoms in total. The van der Waals surface area contributed by atoms with Crippen molar-refractivity contribution in [3.8, 4) is 0 Å². The van der Waals surface area contributed by atoms with Gasteiger partial charge in [-0.2, -0.15) is 13.2 Å². The molecule has 0 aromatic carbocycles. The smallest absolute Gasteiger partial charge is 0.419 e. The number of carbonyl (C=O) groups is 1. The summed E-state index contributed by atoms with van der Waals surface area (Å²) >= 11 is 5.35. The van der Waals surface area contributed by atoms with Crippen LogP contribution < -0.4 is 0 Å². The summed E-state index contributed by atoms with van der Waals surface area (Å²) in [6, 6.07) is 0.292. The summed E-state index contributed by atoms with van der Waals surface area (Å²) in [5.74, 6) is -1.69. The SMILES string of the molecule is CCS(=O)(=O)c1cc(C(F)(F)F)c(Cl)nc1C(=O)OC. The number of aromatic nitrogens is 1. The molecule has 1 heterocycles. The predicted molar refractivity (Wildman–Crippen MR) is 63.3 cm³/mol. The van der Waals surface area contributed by atoms with E-state index in [1.807, 2.05) is 0 Å². The average Bonchev–Trinajstić information content (AvgIpc) is 2.35. The van der Waals surface area contributed by atoms with Gasteiger partial charge in [0.1, 0.15) is 10.0 Å². The van der Waals surface area contributed by atoms with Crippen LogP contribution in [0.3, 0.4) is 0 Å². The molecule has 0 radical (unpaired) electrons. The largest absolute Gasteiger partial charge is 0.464 e. The molecule has 20 heavy (non-hydrogen) atoms. The fraction of sp³-hybridized carbons (Fsp3) is 0.400. The minimum absolute atomic E-state index is 0.292. The average molecular weight is 332 g/mol. The van der Waals surface area contributed by atoms with Gasteiger partial charge in [-0.15, -0.1) is 0 Å². The Labute approximate surface area is 117 Å². The molecule has 0 N–H and O–H groups in total. The second kappa shape index (κ2) is 5.57. The summed E-state index contributed by atoms with van der Waals surface area (Å²) in [4.78, 5) is 13.8. The number of hydrogen-bond acceptors (Lipinski definition) is 5. The molecule has 0 saturated carbocycles. The lowest BCUT2D eigenvalue weighted by Gasteiger charge is -2.13. The van der Waals surface area contributed by atoms with Gasteiger partial charge in [0.05, 0.1) is 18.4 Å². The van der Waals surface area contributed by atoms with Gasteiger partial charge in [-0.25, -0.2) is 18.2 Å². The lowest BCUT2D eigenvalue weighted by molar-refractivity contribution is -0.137. The van der Waals surface area contributed by atoms with Crippen LogP contribution in [0, 0.1) is 0 Å². The summed E-state index contributed by atoms with van der Waals surface area (Å²) in [6.45, 7) is 1.22. The summed E-state index contributed by atoms with van der Waals surface area (Å²) < 4.78 is 65.9. The first kappa shape index (κ1) is 16.7. The molecule has 1 aromatic rings. The van der Waals surface area contributed by atoms with Crippen LogP contribution in [0.1, 0.15) is 23.0 Å². The van der Waals surface area contributed by atoms with Gasteiger partial charge in [-0.3, -0.25) is 0 Å². The Hall–Kier alpha value is -1.35. The lowest BCUT2D eigenvalue weighted by Crippen LogP contribution is -2.18. The quantitative estimate of drug-likeness (QED) is 0.628. The summed E-state index contributed by atoms with van der Waals surface area (Å²) in [5, 5.41) is -1.02. The molecule has 0 saturated heterocycles. The first-order valence-electron chi connectivity index (χ1n) is 5.13. The zero-order valence-electron chi connectivity index (χ0n) is 10.3. The number of pyridine rings is 1. The number of nitrogens with zero attached hydrogens (tertiary/aromatic N) is 1. The van der Waals surface area contributed by atoms with E-state index in [2.05, 4.69) is 9.72 Å². The summed E-state index contributed by atoms with van der Waals surface area (Å²) in [7, 11) is -3.16. The van der Waals surface area contributed by atoms with E-state index < -0.39 is 49.0 Å². The van der Waals surface area contributed by atoms with Gasteiger partial charge in [0.15, 0.2) is 15.5 Å². The Morgan fingerprint density at radius 1 is 1.45 bits per heavy atom. The van der Waals surface area contributed by atoms with Crippen molar-refractivity contribution in [2.24, 2.45) is 0 Å². The van der Waals surface area contributed by atoms with Crippen LogP contribution in [0.15, 0.2) is 11.0 Å². The van der Waals surface area contributed by atoms with E-state index in [0.717, 1.165) is 7.11 Å². The van der Waals surface area contributed by atoms with Gasteiger partial charge in [-0.05, 0) is 6.07 Å². The minimum atomic E-state index is -4.89. The second-order valence-electron chi connectivity index (χ2n) is 3.57. The maximum Gasteiger partial charge on any atom is 0.419 e. The molecule has 1 aromatic heterocycles. The zero-order chi connectivity index (χ0) is 15.7. The Bertz CT molecular complexity index is 643. The van der Waals surface area contributed by atoms with E-state index in [4.69, 9.17) is 11.6 Å². The van der Waals surface area contributed by atoms with Crippen LogP contribution in [0.4, 0.5) is 13.2 Å². The molecule has 0 aliphatic rings. The summed E-state index contributed by atoms with van der Waals surface area (Å²) in [5.41, 5.74) is -2.20. The van der Waals surface area contributed by atoms with Crippen molar-refractivity contribution in [2.75, 3.05) is 12.9 Å². The normalized spacial score (nSPS) is 12.3. The third kappa shape index (κ3) is 3.21. The number of methoxy groups -OCH3 is 1.